The third kappa shape index (κ3) is 4.81. The molecule has 1 aliphatic heterocycles. The summed E-state index contributed by atoms with van der Waals surface area (Å²) in [4.78, 5) is 35.5. The van der Waals surface area contributed by atoms with Gasteiger partial charge in [0, 0.05) is 38.5 Å². The highest BCUT2D eigenvalue weighted by atomic mass is 32.1. The van der Waals surface area contributed by atoms with Crippen molar-refractivity contribution in [3.8, 4) is 0 Å². The topological polar surface area (TPSA) is 53.5 Å². The molecule has 4 rings (SSSR count). The first-order valence-electron chi connectivity index (χ1n) is 11.9. The molecule has 0 spiro atoms. The van der Waals surface area contributed by atoms with Gasteiger partial charge in [0.15, 0.2) is 0 Å². The number of piperidine rings is 1. The largest absolute Gasteiger partial charge is 0.343 e. The van der Waals surface area contributed by atoms with Crippen molar-refractivity contribution in [2.45, 2.75) is 45.4 Å². The Morgan fingerprint density at radius 2 is 1.67 bits per heavy atom. The van der Waals surface area contributed by atoms with Crippen molar-refractivity contribution in [3.05, 3.63) is 65.2 Å². The van der Waals surface area contributed by atoms with Crippen LogP contribution < -0.4 is 0 Å². The molecule has 2 aromatic carbocycles. The zero-order valence-electron chi connectivity index (χ0n) is 19.8. The van der Waals surface area contributed by atoms with Gasteiger partial charge in [0.2, 0.25) is 11.8 Å². The Morgan fingerprint density at radius 3 is 2.30 bits per heavy atom. The van der Waals surface area contributed by atoms with Crippen LogP contribution in [0.25, 0.3) is 10.2 Å². The highest BCUT2D eigenvalue weighted by molar-refractivity contribution is 7.18. The molecule has 0 bridgehead atoms. The van der Waals surface area contributed by atoms with Crippen LogP contribution in [0.5, 0.6) is 0 Å². The van der Waals surface area contributed by atoms with E-state index in [1.54, 1.807) is 11.3 Å². The van der Waals surface area contributed by atoms with E-state index in [-0.39, 0.29) is 17.7 Å². The third-order valence-corrected chi connectivity index (χ3v) is 7.97. The van der Waals surface area contributed by atoms with E-state index in [1.165, 1.54) is 0 Å². The molecule has 33 heavy (non-hydrogen) atoms. The minimum atomic E-state index is -0.704. The van der Waals surface area contributed by atoms with Crippen molar-refractivity contribution in [1.82, 2.24) is 14.8 Å². The average Bonchev–Trinajstić information content (AvgIpc) is 3.27. The van der Waals surface area contributed by atoms with Crippen molar-refractivity contribution < 1.29 is 9.59 Å². The summed E-state index contributed by atoms with van der Waals surface area (Å²) in [6.07, 6.45) is 2.02. The van der Waals surface area contributed by atoms with E-state index in [9.17, 15) is 9.59 Å². The molecule has 0 N–H and O–H groups in total. The summed E-state index contributed by atoms with van der Waals surface area (Å²) in [5.74, 6) is 0.371. The number of fused-ring (bicyclic) bond motifs is 1. The fourth-order valence-corrected chi connectivity index (χ4v) is 6.00. The van der Waals surface area contributed by atoms with Gasteiger partial charge in [-0.3, -0.25) is 9.59 Å². The number of carbonyl (C=O) groups excluding carboxylic acids is 2. The van der Waals surface area contributed by atoms with Gasteiger partial charge in [-0.15, -0.1) is 11.3 Å². The number of amides is 2. The van der Waals surface area contributed by atoms with Crippen LogP contribution in [0.15, 0.2) is 54.6 Å². The lowest BCUT2D eigenvalue weighted by atomic mass is 9.77. The van der Waals surface area contributed by atoms with Crippen LogP contribution in [0.1, 0.15) is 44.2 Å². The van der Waals surface area contributed by atoms with E-state index in [0.717, 1.165) is 46.7 Å². The zero-order chi connectivity index (χ0) is 23.4. The summed E-state index contributed by atoms with van der Waals surface area (Å²) < 4.78 is 1.14. The number of carbonyl (C=O) groups is 2. The van der Waals surface area contributed by atoms with Crippen molar-refractivity contribution >= 4 is 33.4 Å². The second kappa shape index (κ2) is 10.0. The van der Waals surface area contributed by atoms with E-state index in [4.69, 9.17) is 4.98 Å². The van der Waals surface area contributed by atoms with Crippen LogP contribution in [0, 0.1) is 5.92 Å². The van der Waals surface area contributed by atoms with Gasteiger partial charge in [0.1, 0.15) is 0 Å². The normalized spacial score (nSPS) is 16.5. The maximum Gasteiger partial charge on any atom is 0.233 e. The Bertz CT molecular complexity index is 1070. The van der Waals surface area contributed by atoms with Crippen molar-refractivity contribution in [1.29, 1.82) is 0 Å². The molecule has 1 atom stereocenters. The number of likely N-dealkylation sites (tertiary alicyclic amines) is 1. The molecule has 1 unspecified atom stereocenters. The highest BCUT2D eigenvalue weighted by Gasteiger charge is 2.41. The predicted molar refractivity (Wildman–Crippen MR) is 134 cm³/mol. The Labute approximate surface area is 200 Å². The number of nitrogens with zero attached hydrogens (tertiary/aromatic N) is 3. The summed E-state index contributed by atoms with van der Waals surface area (Å²) in [5, 5.41) is 0.975. The lowest BCUT2D eigenvalue weighted by Crippen LogP contribution is -2.51. The van der Waals surface area contributed by atoms with Crippen LogP contribution in [0.2, 0.25) is 0 Å². The fraction of sp³-hybridized carbons (Fsp3) is 0.444. The smallest absolute Gasteiger partial charge is 0.233 e. The predicted octanol–water partition coefficient (Wildman–Crippen LogP) is 4.90. The number of hydrogen-bond donors (Lipinski definition) is 0. The van der Waals surface area contributed by atoms with Gasteiger partial charge in [-0.05, 0) is 51.3 Å². The van der Waals surface area contributed by atoms with Gasteiger partial charge in [-0.1, -0.05) is 42.5 Å². The second-order valence-corrected chi connectivity index (χ2v) is 10.1. The summed E-state index contributed by atoms with van der Waals surface area (Å²) in [6.45, 7) is 8.81. The first-order chi connectivity index (χ1) is 16.0. The molecule has 174 valence electrons. The molecule has 3 aromatic rings. The Balaban J connectivity index is 1.55. The third-order valence-electron chi connectivity index (χ3n) is 6.93. The molecule has 1 aromatic heterocycles. The number of hydrogen-bond acceptors (Lipinski definition) is 4. The number of para-hydroxylation sites is 1. The highest BCUT2D eigenvalue weighted by Crippen LogP contribution is 2.35. The molecular weight excluding hydrogens is 430 g/mol. The van der Waals surface area contributed by atoms with Crippen LogP contribution in [-0.4, -0.2) is 52.8 Å². The van der Waals surface area contributed by atoms with Gasteiger partial charge in [0.25, 0.3) is 0 Å². The number of thiazole rings is 1. The Morgan fingerprint density at radius 1 is 1.03 bits per heavy atom. The summed E-state index contributed by atoms with van der Waals surface area (Å²) >= 11 is 1.66. The molecule has 5 nitrogen and oxygen atoms in total. The van der Waals surface area contributed by atoms with Gasteiger partial charge in [-0.2, -0.15) is 0 Å². The van der Waals surface area contributed by atoms with E-state index in [2.05, 4.69) is 6.07 Å². The molecule has 1 saturated heterocycles. The Hall–Kier alpha value is -2.73. The standard InChI is InChI=1S/C27H33N3O2S/c1-4-29(5-2)25(31)20-15-17-30(18-16-20)26(32)27(3,21-11-7-6-8-12-21)19-24-28-22-13-9-10-14-23(22)33-24/h6-14,20H,4-5,15-19H2,1-3H3. The minimum Gasteiger partial charge on any atom is -0.343 e. The van der Waals surface area contributed by atoms with E-state index >= 15 is 0 Å². The van der Waals surface area contributed by atoms with E-state index in [1.807, 2.05) is 79.1 Å². The number of rotatable bonds is 7. The second-order valence-electron chi connectivity index (χ2n) is 9.03. The number of aromatic nitrogens is 1. The van der Waals surface area contributed by atoms with Crippen molar-refractivity contribution in [3.63, 3.8) is 0 Å². The van der Waals surface area contributed by atoms with Crippen molar-refractivity contribution in [2.75, 3.05) is 26.2 Å². The summed E-state index contributed by atoms with van der Waals surface area (Å²) in [7, 11) is 0. The monoisotopic (exact) mass is 463 g/mol. The maximum absolute atomic E-state index is 14.0. The van der Waals surface area contributed by atoms with Crippen molar-refractivity contribution in [2.24, 2.45) is 5.92 Å². The summed E-state index contributed by atoms with van der Waals surface area (Å²) in [5.41, 5.74) is 1.29. The first-order valence-corrected chi connectivity index (χ1v) is 12.8. The van der Waals surface area contributed by atoms with Gasteiger partial charge >= 0.3 is 0 Å². The molecule has 0 radical (unpaired) electrons. The van der Waals surface area contributed by atoms with Crippen LogP contribution >= 0.6 is 11.3 Å². The molecule has 2 heterocycles. The molecule has 0 aliphatic carbocycles. The van der Waals surface area contributed by atoms with Gasteiger partial charge in [0.05, 0.1) is 20.6 Å². The van der Waals surface area contributed by atoms with Crippen LogP contribution in [-0.2, 0) is 21.4 Å². The van der Waals surface area contributed by atoms with Crippen LogP contribution in [0.4, 0.5) is 0 Å². The molecule has 1 aliphatic rings. The molecule has 2 amide bonds. The van der Waals surface area contributed by atoms with Gasteiger partial charge < -0.3 is 9.80 Å². The molecule has 1 fully saturated rings. The lowest BCUT2D eigenvalue weighted by Gasteiger charge is -2.39. The molecular formula is C27H33N3O2S. The molecule has 0 saturated carbocycles. The Kier molecular flexibility index (Phi) is 7.13. The SMILES string of the molecule is CCN(CC)C(=O)C1CCN(C(=O)C(C)(Cc2nc3ccccc3s2)c2ccccc2)CC1. The van der Waals surface area contributed by atoms with Gasteiger partial charge in [-0.25, -0.2) is 4.98 Å². The molecule has 6 heteroatoms. The fourth-order valence-electron chi connectivity index (χ4n) is 4.88. The van der Waals surface area contributed by atoms with E-state index in [0.29, 0.717) is 19.5 Å². The number of benzene rings is 2. The summed E-state index contributed by atoms with van der Waals surface area (Å²) in [6, 6.07) is 18.2. The van der Waals surface area contributed by atoms with Crippen LogP contribution in [0.3, 0.4) is 0 Å². The quantitative estimate of drug-likeness (QED) is 0.501. The lowest BCUT2D eigenvalue weighted by molar-refractivity contribution is -0.143. The maximum atomic E-state index is 14.0. The van der Waals surface area contributed by atoms with E-state index < -0.39 is 5.41 Å². The minimum absolute atomic E-state index is 0.0150. The first kappa shape index (κ1) is 23.4. The zero-order valence-corrected chi connectivity index (χ0v) is 20.6. The average molecular weight is 464 g/mol.